The third kappa shape index (κ3) is 3.73. The fraction of sp³-hybridized carbons (Fsp3) is 0.111. The van der Waals surface area contributed by atoms with Crippen molar-refractivity contribution in [2.45, 2.75) is 6.92 Å². The van der Waals surface area contributed by atoms with Crippen LogP contribution >= 0.6 is 22.6 Å². The summed E-state index contributed by atoms with van der Waals surface area (Å²) in [7, 11) is 0. The minimum absolute atomic E-state index is 0.386. The van der Waals surface area contributed by atoms with Crippen LogP contribution in [-0.2, 0) is 4.79 Å². The molecule has 4 nitrogen and oxygen atoms in total. The lowest BCUT2D eigenvalue weighted by atomic mass is 10.3. The van der Waals surface area contributed by atoms with Crippen LogP contribution in [0.1, 0.15) is 6.92 Å². The van der Waals surface area contributed by atoms with E-state index in [2.05, 4.69) is 0 Å². The van der Waals surface area contributed by atoms with E-state index in [1.807, 2.05) is 0 Å². The Morgan fingerprint density at radius 1 is 1.07 bits per heavy atom. The highest BCUT2D eigenvalue weighted by Gasteiger charge is 2.01. The molecule has 0 heterocycles. The summed E-state index contributed by atoms with van der Waals surface area (Å²) in [5, 5.41) is 0. The molecule has 0 aromatic heterocycles. The Hall–Kier alpha value is -1.11. The van der Waals surface area contributed by atoms with Gasteiger partial charge in [0.25, 0.3) is 0 Å². The first kappa shape index (κ1) is 11.0. The Balaban J connectivity index is 2.68. The maximum atomic E-state index is 10.6. The molecule has 0 fully saturated rings. The largest absolute Gasteiger partial charge is 0.427 e. The Kier molecular flexibility index (Phi) is 3.87. The molecule has 14 heavy (non-hydrogen) atoms. The monoisotopic (exact) mass is 306 g/mol. The SMILES string of the molecule is CC(=O)Oc1ccc(OC(=O)I)cc1. The molecule has 74 valence electrons. The Labute approximate surface area is 94.3 Å². The smallest absolute Gasteiger partial charge is 0.372 e. The van der Waals surface area contributed by atoms with Crippen LogP contribution in [0.4, 0.5) is 4.79 Å². The third-order valence-electron chi connectivity index (χ3n) is 1.28. The van der Waals surface area contributed by atoms with Gasteiger partial charge >= 0.3 is 9.95 Å². The van der Waals surface area contributed by atoms with E-state index in [-0.39, 0.29) is 5.97 Å². The lowest BCUT2D eigenvalue weighted by molar-refractivity contribution is -0.131. The van der Waals surface area contributed by atoms with Crippen LogP contribution in [0.25, 0.3) is 0 Å². The van der Waals surface area contributed by atoms with Crippen molar-refractivity contribution in [3.8, 4) is 11.5 Å². The molecule has 0 bridgehead atoms. The van der Waals surface area contributed by atoms with E-state index >= 15 is 0 Å². The van der Waals surface area contributed by atoms with Crippen LogP contribution < -0.4 is 9.47 Å². The van der Waals surface area contributed by atoms with Gasteiger partial charge < -0.3 is 9.47 Å². The number of ether oxygens (including phenoxy) is 2. The van der Waals surface area contributed by atoms with Gasteiger partial charge in [-0.15, -0.1) is 0 Å². The number of benzene rings is 1. The van der Waals surface area contributed by atoms with Gasteiger partial charge in [-0.1, -0.05) is 0 Å². The van der Waals surface area contributed by atoms with Crippen molar-refractivity contribution in [1.29, 1.82) is 0 Å². The predicted octanol–water partition coefficient (Wildman–Crippen LogP) is 2.55. The summed E-state index contributed by atoms with van der Waals surface area (Å²) < 4.78 is 9.16. The van der Waals surface area contributed by atoms with Gasteiger partial charge in [-0.25, -0.2) is 4.79 Å². The molecule has 5 heteroatoms. The Morgan fingerprint density at radius 3 is 1.86 bits per heavy atom. The highest BCUT2D eigenvalue weighted by molar-refractivity contribution is 14.1. The van der Waals surface area contributed by atoms with Crippen LogP contribution in [0.5, 0.6) is 11.5 Å². The quantitative estimate of drug-likeness (QED) is 0.365. The molecular weight excluding hydrogens is 299 g/mol. The molecule has 0 amide bonds. The first-order valence-corrected chi connectivity index (χ1v) is 4.81. The molecule has 0 radical (unpaired) electrons. The van der Waals surface area contributed by atoms with Crippen molar-refractivity contribution in [3.63, 3.8) is 0 Å². The molecule has 0 saturated carbocycles. The van der Waals surface area contributed by atoms with Gasteiger partial charge in [0.05, 0.1) is 22.6 Å². The number of carbonyl (C=O) groups excluding carboxylic acids is 2. The molecular formula is C9H7IO4. The summed E-state index contributed by atoms with van der Waals surface area (Å²) in [6.45, 7) is 1.32. The predicted molar refractivity (Wildman–Crippen MR) is 57.8 cm³/mol. The number of hydrogen-bond donors (Lipinski definition) is 0. The fourth-order valence-electron chi connectivity index (χ4n) is 0.834. The molecule has 0 atom stereocenters. The van der Waals surface area contributed by atoms with Gasteiger partial charge in [-0.05, 0) is 24.3 Å². The molecule has 0 saturated heterocycles. The van der Waals surface area contributed by atoms with Crippen LogP contribution in [-0.4, -0.2) is 9.95 Å². The molecule has 0 unspecified atom stereocenters. The van der Waals surface area contributed by atoms with Crippen LogP contribution in [0, 0.1) is 0 Å². The zero-order valence-electron chi connectivity index (χ0n) is 7.32. The van der Waals surface area contributed by atoms with Gasteiger partial charge in [0.2, 0.25) is 0 Å². The number of rotatable bonds is 2. The molecule has 0 N–H and O–H groups in total. The van der Waals surface area contributed by atoms with E-state index in [0.717, 1.165) is 0 Å². The van der Waals surface area contributed by atoms with Gasteiger partial charge in [0.1, 0.15) is 11.5 Å². The zero-order chi connectivity index (χ0) is 10.6. The average molecular weight is 306 g/mol. The van der Waals surface area contributed by atoms with Crippen molar-refractivity contribution >= 4 is 32.5 Å². The zero-order valence-corrected chi connectivity index (χ0v) is 9.48. The van der Waals surface area contributed by atoms with Crippen molar-refractivity contribution in [2.75, 3.05) is 0 Å². The minimum Gasteiger partial charge on any atom is -0.427 e. The van der Waals surface area contributed by atoms with E-state index in [4.69, 9.17) is 9.47 Å². The number of esters is 1. The highest BCUT2D eigenvalue weighted by Crippen LogP contribution is 2.18. The summed E-state index contributed by atoms with van der Waals surface area (Å²) in [4.78, 5) is 21.1. The second kappa shape index (κ2) is 4.94. The van der Waals surface area contributed by atoms with Crippen LogP contribution in [0.15, 0.2) is 24.3 Å². The first-order chi connectivity index (χ1) is 6.58. The normalized spacial score (nSPS) is 9.29. The first-order valence-electron chi connectivity index (χ1n) is 3.74. The molecule has 0 aliphatic heterocycles. The molecule has 1 rings (SSSR count). The van der Waals surface area contributed by atoms with Crippen molar-refractivity contribution < 1.29 is 19.1 Å². The lowest BCUT2D eigenvalue weighted by Crippen LogP contribution is -2.01. The summed E-state index contributed by atoms with van der Waals surface area (Å²) >= 11 is 1.53. The summed E-state index contributed by atoms with van der Waals surface area (Å²) in [6.07, 6.45) is 0. The van der Waals surface area contributed by atoms with Gasteiger partial charge in [0, 0.05) is 6.92 Å². The number of carbonyl (C=O) groups is 2. The number of hydrogen-bond acceptors (Lipinski definition) is 4. The van der Waals surface area contributed by atoms with E-state index in [9.17, 15) is 9.59 Å². The fourth-order valence-corrected chi connectivity index (χ4v) is 1.09. The summed E-state index contributed by atoms with van der Waals surface area (Å²) in [5.74, 6) is 0.453. The van der Waals surface area contributed by atoms with Gasteiger partial charge in [0.15, 0.2) is 0 Å². The second-order valence-corrected chi connectivity index (χ2v) is 3.29. The van der Waals surface area contributed by atoms with Gasteiger partial charge in [-0.3, -0.25) is 4.79 Å². The lowest BCUT2D eigenvalue weighted by Gasteiger charge is -2.02. The highest BCUT2D eigenvalue weighted by atomic mass is 127. The van der Waals surface area contributed by atoms with Crippen molar-refractivity contribution in [2.24, 2.45) is 0 Å². The molecule has 1 aromatic carbocycles. The van der Waals surface area contributed by atoms with E-state index in [0.29, 0.717) is 11.5 Å². The average Bonchev–Trinajstić information content (AvgIpc) is 2.06. The van der Waals surface area contributed by atoms with Crippen molar-refractivity contribution in [3.05, 3.63) is 24.3 Å². The minimum atomic E-state index is -0.414. The number of halogens is 1. The van der Waals surface area contributed by atoms with E-state index in [1.165, 1.54) is 29.5 Å². The molecule has 1 aromatic rings. The summed E-state index contributed by atoms with van der Waals surface area (Å²) in [6, 6.07) is 6.20. The van der Waals surface area contributed by atoms with E-state index < -0.39 is 3.98 Å². The standard InChI is InChI=1S/C9H7IO4/c1-6(11)13-7-2-4-8(5-3-7)14-9(10)12/h2-5H,1H3. The maximum absolute atomic E-state index is 10.6. The summed E-state index contributed by atoms with van der Waals surface area (Å²) in [5.41, 5.74) is 0. The van der Waals surface area contributed by atoms with Crippen molar-refractivity contribution in [1.82, 2.24) is 0 Å². The topological polar surface area (TPSA) is 52.6 Å². The second-order valence-electron chi connectivity index (χ2n) is 2.40. The molecule has 0 spiro atoms. The molecule has 0 aliphatic carbocycles. The Morgan fingerprint density at radius 2 is 1.50 bits per heavy atom. The Bertz CT molecular complexity index is 309. The van der Waals surface area contributed by atoms with E-state index in [1.54, 1.807) is 24.3 Å². The molecule has 0 aliphatic rings. The van der Waals surface area contributed by atoms with Crippen LogP contribution in [0.3, 0.4) is 0 Å². The maximum Gasteiger partial charge on any atom is 0.372 e. The van der Waals surface area contributed by atoms with Crippen LogP contribution in [0.2, 0.25) is 0 Å². The third-order valence-corrected chi connectivity index (χ3v) is 1.50. The van der Waals surface area contributed by atoms with Gasteiger partial charge in [-0.2, -0.15) is 0 Å².